The lowest BCUT2D eigenvalue weighted by Gasteiger charge is -2.22. The molecule has 0 saturated carbocycles. The number of phenols is 1. The van der Waals surface area contributed by atoms with E-state index in [9.17, 15) is 5.11 Å². The summed E-state index contributed by atoms with van der Waals surface area (Å²) in [6, 6.07) is 14.4. The zero-order chi connectivity index (χ0) is 32.4. The van der Waals surface area contributed by atoms with Gasteiger partial charge in [0.25, 0.3) is 0 Å². The van der Waals surface area contributed by atoms with Crippen molar-refractivity contribution in [3.63, 3.8) is 0 Å². The zero-order valence-electron chi connectivity index (χ0n) is 29.5. The maximum absolute atomic E-state index is 11.2. The molecule has 0 aliphatic heterocycles. The predicted octanol–water partition coefficient (Wildman–Crippen LogP) is 13.0. The fourth-order valence-corrected chi connectivity index (χ4v) is 6.34. The van der Waals surface area contributed by atoms with Gasteiger partial charge in [0.1, 0.15) is 11.5 Å². The lowest BCUT2D eigenvalue weighted by Crippen LogP contribution is -2.06. The van der Waals surface area contributed by atoms with Crippen LogP contribution in [0.4, 0.5) is 0 Å². The van der Waals surface area contributed by atoms with Crippen LogP contribution in [0.3, 0.4) is 0 Å². The smallest absolute Gasteiger partial charge is 0.211 e. The minimum absolute atomic E-state index is 0.111. The quantitative estimate of drug-likeness (QED) is 0.122. The van der Waals surface area contributed by atoms with Gasteiger partial charge in [0.2, 0.25) is 5.75 Å². The summed E-state index contributed by atoms with van der Waals surface area (Å²) in [6.45, 7) is 13.6. The molecule has 0 radical (unpaired) electrons. The number of hydrogen-bond donors (Lipinski definition) is 1. The highest BCUT2D eigenvalue weighted by Crippen LogP contribution is 2.45. The van der Waals surface area contributed by atoms with E-state index in [0.29, 0.717) is 11.5 Å². The van der Waals surface area contributed by atoms with Gasteiger partial charge in [-0.05, 0) is 135 Å². The van der Waals surface area contributed by atoms with Crippen molar-refractivity contribution in [3.8, 4) is 28.7 Å². The fourth-order valence-electron chi connectivity index (χ4n) is 6.34. The van der Waals surface area contributed by atoms with Gasteiger partial charge in [0, 0.05) is 0 Å². The standard InChI is InChI=1S/C42H62O3/c1-7-13-20-32-28-30-39(36(24-17-11-5)34(32)22-15-9-3)44-41-27-19-26-38(43)42(41)45-40-31-29-33(21-14-8-2)35(23-16-10-4)37(40)25-18-12-6/h19,26-31,43H,7-18,20-25H2,1-6H3. The van der Waals surface area contributed by atoms with Crippen LogP contribution >= 0.6 is 0 Å². The molecule has 0 saturated heterocycles. The second kappa shape index (κ2) is 20.2. The van der Waals surface area contributed by atoms with Crippen LogP contribution in [0, 0.1) is 0 Å². The number of phenolic OH excluding ortho intramolecular Hbond substituents is 1. The molecule has 0 spiro atoms. The molecule has 0 aliphatic carbocycles. The van der Waals surface area contributed by atoms with Gasteiger partial charge >= 0.3 is 0 Å². The molecule has 0 fully saturated rings. The Bertz CT molecular complexity index is 1290. The first-order valence-corrected chi connectivity index (χ1v) is 18.5. The normalized spacial score (nSPS) is 11.2. The average molecular weight is 615 g/mol. The van der Waals surface area contributed by atoms with Crippen molar-refractivity contribution >= 4 is 0 Å². The van der Waals surface area contributed by atoms with Crippen LogP contribution in [-0.4, -0.2) is 5.11 Å². The third kappa shape index (κ3) is 10.5. The molecule has 3 aromatic carbocycles. The molecule has 3 aromatic rings. The summed E-state index contributed by atoms with van der Waals surface area (Å²) in [5.74, 6) is 2.84. The van der Waals surface area contributed by atoms with E-state index in [1.54, 1.807) is 6.07 Å². The molecule has 45 heavy (non-hydrogen) atoms. The Kier molecular flexibility index (Phi) is 16.4. The highest BCUT2D eigenvalue weighted by molar-refractivity contribution is 5.57. The number of unbranched alkanes of at least 4 members (excludes halogenated alkanes) is 6. The number of hydrogen-bond acceptors (Lipinski definition) is 3. The molecule has 0 unspecified atom stereocenters. The Morgan fingerprint density at radius 3 is 1.27 bits per heavy atom. The molecule has 0 aliphatic rings. The van der Waals surface area contributed by atoms with Crippen molar-refractivity contribution in [2.45, 2.75) is 157 Å². The predicted molar refractivity (Wildman–Crippen MR) is 193 cm³/mol. The average Bonchev–Trinajstić information content (AvgIpc) is 3.05. The van der Waals surface area contributed by atoms with Crippen molar-refractivity contribution in [1.29, 1.82) is 0 Å². The van der Waals surface area contributed by atoms with Crippen molar-refractivity contribution in [2.75, 3.05) is 0 Å². The molecular formula is C42H62O3. The Balaban J connectivity index is 2.09. The van der Waals surface area contributed by atoms with Gasteiger partial charge in [-0.1, -0.05) is 98.3 Å². The van der Waals surface area contributed by atoms with E-state index >= 15 is 0 Å². The van der Waals surface area contributed by atoms with Crippen LogP contribution in [0.1, 0.15) is 152 Å². The van der Waals surface area contributed by atoms with Gasteiger partial charge in [-0.15, -0.1) is 0 Å². The second-order valence-electron chi connectivity index (χ2n) is 12.8. The Hall–Kier alpha value is -2.94. The van der Waals surface area contributed by atoms with Gasteiger partial charge in [-0.3, -0.25) is 0 Å². The van der Waals surface area contributed by atoms with Crippen LogP contribution in [-0.2, 0) is 38.5 Å². The molecule has 3 heteroatoms. The topological polar surface area (TPSA) is 38.7 Å². The monoisotopic (exact) mass is 614 g/mol. The Morgan fingerprint density at radius 2 is 0.822 bits per heavy atom. The number of ether oxygens (including phenoxy) is 2. The Morgan fingerprint density at radius 1 is 0.422 bits per heavy atom. The first-order chi connectivity index (χ1) is 22.0. The van der Waals surface area contributed by atoms with E-state index in [1.807, 2.05) is 12.1 Å². The van der Waals surface area contributed by atoms with E-state index in [1.165, 1.54) is 84.7 Å². The Labute approximate surface area is 275 Å². The van der Waals surface area contributed by atoms with E-state index in [0.717, 1.165) is 75.7 Å². The third-order valence-electron chi connectivity index (χ3n) is 9.08. The van der Waals surface area contributed by atoms with E-state index < -0.39 is 0 Å². The number of benzene rings is 3. The van der Waals surface area contributed by atoms with E-state index in [2.05, 4.69) is 65.8 Å². The second-order valence-corrected chi connectivity index (χ2v) is 12.8. The number of rotatable bonds is 22. The summed E-state index contributed by atoms with van der Waals surface area (Å²) in [6.07, 6.45) is 20.3. The first-order valence-electron chi connectivity index (χ1n) is 18.5. The lowest BCUT2D eigenvalue weighted by atomic mass is 9.90. The van der Waals surface area contributed by atoms with Gasteiger partial charge in [0.15, 0.2) is 11.5 Å². The first kappa shape index (κ1) is 36.5. The highest BCUT2D eigenvalue weighted by atomic mass is 16.5. The minimum Gasteiger partial charge on any atom is -0.504 e. The molecule has 1 N–H and O–H groups in total. The molecule has 0 heterocycles. The van der Waals surface area contributed by atoms with Crippen LogP contribution < -0.4 is 9.47 Å². The maximum atomic E-state index is 11.2. The minimum atomic E-state index is 0.111. The molecule has 0 bridgehead atoms. The molecule has 3 nitrogen and oxygen atoms in total. The SMILES string of the molecule is CCCCc1ccc(Oc2cccc(O)c2Oc2ccc(CCCC)c(CCCC)c2CCCC)c(CCCC)c1CCCC. The summed E-state index contributed by atoms with van der Waals surface area (Å²) in [5.41, 5.74) is 8.50. The number of aryl methyl sites for hydroxylation is 2. The van der Waals surface area contributed by atoms with Crippen molar-refractivity contribution in [3.05, 3.63) is 75.8 Å². The van der Waals surface area contributed by atoms with E-state index in [4.69, 9.17) is 9.47 Å². The van der Waals surface area contributed by atoms with Crippen LogP contribution in [0.15, 0.2) is 42.5 Å². The highest BCUT2D eigenvalue weighted by Gasteiger charge is 2.21. The van der Waals surface area contributed by atoms with Crippen molar-refractivity contribution < 1.29 is 14.6 Å². The molecule has 248 valence electrons. The summed E-state index contributed by atoms with van der Waals surface area (Å²) in [5, 5.41) is 11.2. The van der Waals surface area contributed by atoms with Gasteiger partial charge in [-0.2, -0.15) is 0 Å². The molecular weight excluding hydrogens is 552 g/mol. The summed E-state index contributed by atoms with van der Waals surface area (Å²) >= 11 is 0. The van der Waals surface area contributed by atoms with Crippen LogP contribution in [0.5, 0.6) is 28.7 Å². The largest absolute Gasteiger partial charge is 0.504 e. The van der Waals surface area contributed by atoms with Gasteiger partial charge < -0.3 is 14.6 Å². The van der Waals surface area contributed by atoms with Gasteiger partial charge in [0.05, 0.1) is 0 Å². The summed E-state index contributed by atoms with van der Waals surface area (Å²) < 4.78 is 13.5. The maximum Gasteiger partial charge on any atom is 0.211 e. The number of aromatic hydroxyl groups is 1. The van der Waals surface area contributed by atoms with Gasteiger partial charge in [-0.25, -0.2) is 0 Å². The fraction of sp³-hybridized carbons (Fsp3) is 0.571. The third-order valence-corrected chi connectivity index (χ3v) is 9.08. The molecule has 0 aromatic heterocycles. The number of para-hydroxylation sites is 1. The van der Waals surface area contributed by atoms with Crippen molar-refractivity contribution in [2.24, 2.45) is 0 Å². The van der Waals surface area contributed by atoms with E-state index in [-0.39, 0.29) is 5.75 Å². The van der Waals surface area contributed by atoms with Crippen molar-refractivity contribution in [1.82, 2.24) is 0 Å². The summed E-state index contributed by atoms with van der Waals surface area (Å²) in [7, 11) is 0. The molecule has 0 atom stereocenters. The van der Waals surface area contributed by atoms with Crippen LogP contribution in [0.2, 0.25) is 0 Å². The molecule has 3 rings (SSSR count). The van der Waals surface area contributed by atoms with Crippen LogP contribution in [0.25, 0.3) is 0 Å². The lowest BCUT2D eigenvalue weighted by molar-refractivity contribution is 0.377. The summed E-state index contributed by atoms with van der Waals surface area (Å²) in [4.78, 5) is 0. The zero-order valence-corrected chi connectivity index (χ0v) is 29.5. The molecule has 0 amide bonds.